The molecule has 1 heterocycles. The maximum Gasteiger partial charge on any atom is 0.337 e. The van der Waals surface area contributed by atoms with E-state index in [9.17, 15) is 4.79 Å². The Labute approximate surface area is 117 Å². The lowest BCUT2D eigenvalue weighted by molar-refractivity contribution is 0.0601. The number of rotatable bonds is 3. The molecule has 0 saturated heterocycles. The Hall–Kier alpha value is -2.17. The summed E-state index contributed by atoms with van der Waals surface area (Å²) >= 11 is 0. The van der Waals surface area contributed by atoms with Crippen molar-refractivity contribution < 1.29 is 9.53 Å². The van der Waals surface area contributed by atoms with Crippen molar-refractivity contribution in [2.45, 2.75) is 25.8 Å². The molecule has 0 bridgehead atoms. The number of fused-ring (bicyclic) bond motifs is 1. The van der Waals surface area contributed by atoms with Crippen LogP contribution in [0.2, 0.25) is 0 Å². The number of carbonyl (C=O) groups excluding carboxylic acids is 1. The van der Waals surface area contributed by atoms with E-state index >= 15 is 0 Å². The zero-order valence-corrected chi connectivity index (χ0v) is 11.9. The monoisotopic (exact) mass is 271 g/mol. The van der Waals surface area contributed by atoms with E-state index in [1.165, 1.54) is 20.0 Å². The van der Waals surface area contributed by atoms with Crippen molar-refractivity contribution in [1.82, 2.24) is 9.97 Å². The number of nitrogens with zero attached hydrogens (tertiary/aromatic N) is 3. The molecule has 1 aromatic heterocycles. The summed E-state index contributed by atoms with van der Waals surface area (Å²) in [7, 11) is 3.42. The van der Waals surface area contributed by atoms with E-state index in [-0.39, 0.29) is 5.97 Å². The van der Waals surface area contributed by atoms with Crippen LogP contribution in [0.1, 0.15) is 28.9 Å². The van der Waals surface area contributed by atoms with Gasteiger partial charge in [0.2, 0.25) is 0 Å². The molecule has 0 atom stereocenters. The molecule has 5 nitrogen and oxygen atoms in total. The van der Waals surface area contributed by atoms with Gasteiger partial charge in [0.15, 0.2) is 5.82 Å². The van der Waals surface area contributed by atoms with Crippen LogP contribution in [0.15, 0.2) is 18.2 Å². The zero-order chi connectivity index (χ0) is 14.3. The fraction of sp³-hybridized carbons (Fsp3) is 0.400. The molecular weight excluding hydrogens is 254 g/mol. The molecule has 0 spiro atoms. The number of benzene rings is 1. The molecule has 0 N–H and O–H groups in total. The van der Waals surface area contributed by atoms with Gasteiger partial charge >= 0.3 is 5.97 Å². The van der Waals surface area contributed by atoms with E-state index in [0.717, 1.165) is 22.5 Å². The fourth-order valence-electron chi connectivity index (χ4n) is 2.35. The maximum absolute atomic E-state index is 11.6. The molecule has 5 heteroatoms. The molecule has 3 rings (SSSR count). The quantitative estimate of drug-likeness (QED) is 0.802. The largest absolute Gasteiger partial charge is 0.465 e. The SMILES string of the molecule is COC(=O)c1ccc2nc(C)c(N(C)C3CC3)nc2c1. The average Bonchev–Trinajstić information content (AvgIpc) is 3.29. The first-order valence-electron chi connectivity index (χ1n) is 6.69. The first-order valence-corrected chi connectivity index (χ1v) is 6.69. The van der Waals surface area contributed by atoms with Gasteiger partial charge in [0.05, 0.1) is 29.4 Å². The summed E-state index contributed by atoms with van der Waals surface area (Å²) in [5.74, 6) is 0.536. The van der Waals surface area contributed by atoms with Crippen molar-refractivity contribution in [1.29, 1.82) is 0 Å². The lowest BCUT2D eigenvalue weighted by Crippen LogP contribution is -2.22. The summed E-state index contributed by atoms with van der Waals surface area (Å²) in [4.78, 5) is 23.0. The number of carbonyl (C=O) groups is 1. The predicted octanol–water partition coefficient (Wildman–Crippen LogP) is 2.32. The van der Waals surface area contributed by atoms with Gasteiger partial charge in [-0.2, -0.15) is 0 Å². The highest BCUT2D eigenvalue weighted by Gasteiger charge is 2.28. The molecule has 0 aliphatic heterocycles. The van der Waals surface area contributed by atoms with Crippen LogP contribution >= 0.6 is 0 Å². The van der Waals surface area contributed by atoms with Gasteiger partial charge in [0.25, 0.3) is 0 Å². The van der Waals surface area contributed by atoms with Gasteiger partial charge in [0.1, 0.15) is 0 Å². The lowest BCUT2D eigenvalue weighted by Gasteiger charge is -2.19. The second-order valence-electron chi connectivity index (χ2n) is 5.17. The molecule has 1 saturated carbocycles. The summed E-state index contributed by atoms with van der Waals surface area (Å²) < 4.78 is 4.74. The third kappa shape index (κ3) is 2.19. The van der Waals surface area contributed by atoms with Crippen molar-refractivity contribution in [2.75, 3.05) is 19.1 Å². The van der Waals surface area contributed by atoms with Crippen LogP contribution in [-0.2, 0) is 4.74 Å². The number of hydrogen-bond donors (Lipinski definition) is 0. The summed E-state index contributed by atoms with van der Waals surface area (Å²) in [5.41, 5.74) is 2.93. The van der Waals surface area contributed by atoms with Crippen molar-refractivity contribution in [3.05, 3.63) is 29.5 Å². The Balaban J connectivity index is 2.08. The molecule has 104 valence electrons. The highest BCUT2D eigenvalue weighted by atomic mass is 16.5. The van der Waals surface area contributed by atoms with E-state index in [0.29, 0.717) is 11.6 Å². The third-order valence-corrected chi connectivity index (χ3v) is 3.66. The Morgan fingerprint density at radius 1 is 1.30 bits per heavy atom. The molecular formula is C15H17N3O2. The second kappa shape index (κ2) is 4.74. The number of methoxy groups -OCH3 is 1. The smallest absolute Gasteiger partial charge is 0.337 e. The van der Waals surface area contributed by atoms with Crippen molar-refractivity contribution >= 4 is 22.8 Å². The van der Waals surface area contributed by atoms with Crippen molar-refractivity contribution in [3.63, 3.8) is 0 Å². The highest BCUT2D eigenvalue weighted by Crippen LogP contribution is 2.31. The van der Waals surface area contributed by atoms with Crippen molar-refractivity contribution in [2.24, 2.45) is 0 Å². The van der Waals surface area contributed by atoms with E-state index in [1.807, 2.05) is 20.0 Å². The Bertz CT molecular complexity index is 680. The Morgan fingerprint density at radius 3 is 2.70 bits per heavy atom. The van der Waals surface area contributed by atoms with E-state index in [2.05, 4.69) is 14.9 Å². The van der Waals surface area contributed by atoms with Crippen LogP contribution in [0.25, 0.3) is 11.0 Å². The zero-order valence-electron chi connectivity index (χ0n) is 11.9. The first kappa shape index (κ1) is 12.8. The standard InChI is InChI=1S/C15H17N3O2/c1-9-14(18(2)11-5-6-11)17-13-8-10(15(19)20-3)4-7-12(13)16-9/h4,7-8,11H,5-6H2,1-3H3. The van der Waals surface area contributed by atoms with Crippen LogP contribution in [0.4, 0.5) is 5.82 Å². The van der Waals surface area contributed by atoms with Crippen LogP contribution in [0.3, 0.4) is 0 Å². The van der Waals surface area contributed by atoms with E-state index in [4.69, 9.17) is 4.74 Å². The number of aromatic nitrogens is 2. The number of ether oxygens (including phenoxy) is 1. The minimum absolute atomic E-state index is 0.355. The van der Waals surface area contributed by atoms with Gasteiger partial charge in [-0.1, -0.05) is 0 Å². The molecule has 1 fully saturated rings. The predicted molar refractivity (Wildman–Crippen MR) is 77.0 cm³/mol. The van der Waals surface area contributed by atoms with Gasteiger partial charge in [-0.15, -0.1) is 0 Å². The van der Waals surface area contributed by atoms with Crippen LogP contribution < -0.4 is 4.90 Å². The molecule has 0 unspecified atom stereocenters. The molecule has 1 aliphatic carbocycles. The molecule has 0 radical (unpaired) electrons. The van der Waals surface area contributed by atoms with Gasteiger partial charge in [-0.25, -0.2) is 14.8 Å². The molecule has 1 aliphatic rings. The maximum atomic E-state index is 11.6. The number of hydrogen-bond acceptors (Lipinski definition) is 5. The second-order valence-corrected chi connectivity index (χ2v) is 5.17. The van der Waals surface area contributed by atoms with Gasteiger partial charge in [-0.3, -0.25) is 0 Å². The molecule has 0 amide bonds. The van der Waals surface area contributed by atoms with Gasteiger partial charge in [0, 0.05) is 13.1 Å². The summed E-state index contributed by atoms with van der Waals surface area (Å²) in [6.45, 7) is 1.97. The Morgan fingerprint density at radius 2 is 2.05 bits per heavy atom. The minimum Gasteiger partial charge on any atom is -0.465 e. The van der Waals surface area contributed by atoms with E-state index < -0.39 is 0 Å². The number of anilines is 1. The van der Waals surface area contributed by atoms with Gasteiger partial charge in [-0.05, 0) is 38.0 Å². The lowest BCUT2D eigenvalue weighted by atomic mass is 10.2. The molecule has 20 heavy (non-hydrogen) atoms. The van der Waals surface area contributed by atoms with E-state index in [1.54, 1.807) is 12.1 Å². The summed E-state index contributed by atoms with van der Waals surface area (Å²) in [5, 5.41) is 0. The Kier molecular flexibility index (Phi) is 3.04. The first-order chi connectivity index (χ1) is 9.60. The highest BCUT2D eigenvalue weighted by molar-refractivity contribution is 5.93. The summed E-state index contributed by atoms with van der Waals surface area (Å²) in [6.07, 6.45) is 2.41. The van der Waals surface area contributed by atoms with Crippen LogP contribution in [0, 0.1) is 6.92 Å². The minimum atomic E-state index is -0.355. The van der Waals surface area contributed by atoms with Crippen molar-refractivity contribution in [3.8, 4) is 0 Å². The topological polar surface area (TPSA) is 55.3 Å². The number of aryl methyl sites for hydroxylation is 1. The van der Waals surface area contributed by atoms with Crippen LogP contribution in [-0.4, -0.2) is 36.1 Å². The molecule has 2 aromatic rings. The summed E-state index contributed by atoms with van der Waals surface area (Å²) in [6, 6.07) is 5.83. The van der Waals surface area contributed by atoms with Crippen LogP contribution in [0.5, 0.6) is 0 Å². The third-order valence-electron chi connectivity index (χ3n) is 3.66. The normalized spacial score (nSPS) is 14.3. The molecule has 1 aromatic carbocycles. The van der Waals surface area contributed by atoms with Gasteiger partial charge < -0.3 is 9.64 Å². The number of esters is 1. The average molecular weight is 271 g/mol. The fourth-order valence-corrected chi connectivity index (χ4v) is 2.35.